The molecule has 0 aromatic heterocycles. The molecule has 1 unspecified atom stereocenters. The van der Waals surface area contributed by atoms with E-state index < -0.39 is 65.2 Å². The number of halogens is 6. The molecule has 1 heterocycles. The minimum Gasteiger partial charge on any atom is -0.489 e. The van der Waals surface area contributed by atoms with Gasteiger partial charge in [-0.15, -0.1) is 13.2 Å². The first kappa shape index (κ1) is 34.1. The molecule has 15 heteroatoms. The normalized spacial score (nSPS) is 18.1. The van der Waals surface area contributed by atoms with Gasteiger partial charge in [0.25, 0.3) is 5.91 Å². The van der Waals surface area contributed by atoms with Gasteiger partial charge in [-0.05, 0) is 66.2 Å². The predicted molar refractivity (Wildman–Crippen MR) is 152 cm³/mol. The highest BCUT2D eigenvalue weighted by Crippen LogP contribution is 2.33. The Bertz CT molecular complexity index is 1550. The van der Waals surface area contributed by atoms with Crippen LogP contribution in [-0.4, -0.2) is 63.5 Å². The predicted octanol–water partition coefficient (Wildman–Crippen LogP) is 5.53. The van der Waals surface area contributed by atoms with E-state index in [1.807, 2.05) is 0 Å². The fourth-order valence-electron chi connectivity index (χ4n) is 4.89. The Morgan fingerprint density at radius 1 is 0.978 bits per heavy atom. The van der Waals surface area contributed by atoms with Crippen molar-refractivity contribution >= 4 is 21.4 Å². The lowest BCUT2D eigenvalue weighted by Gasteiger charge is -2.26. The Morgan fingerprint density at radius 2 is 1.60 bits per heavy atom. The Balaban J connectivity index is 1.45. The average Bonchev–Trinajstić information content (AvgIpc) is 3.40. The number of nitrogens with one attached hydrogen (secondary N) is 1. The maximum atomic E-state index is 12.9. The summed E-state index contributed by atoms with van der Waals surface area (Å²) >= 11 is 0. The number of hydrogen-bond acceptors (Lipinski definition) is 7. The van der Waals surface area contributed by atoms with Crippen molar-refractivity contribution in [2.24, 2.45) is 0 Å². The highest BCUT2D eigenvalue weighted by molar-refractivity contribution is 7.91. The molecule has 0 aliphatic carbocycles. The molecule has 1 fully saturated rings. The molecule has 4 rings (SSSR count). The van der Waals surface area contributed by atoms with Crippen molar-refractivity contribution in [3.8, 4) is 5.75 Å². The van der Waals surface area contributed by atoms with Crippen molar-refractivity contribution in [1.29, 1.82) is 0 Å². The van der Waals surface area contributed by atoms with Gasteiger partial charge in [0, 0.05) is 17.7 Å². The van der Waals surface area contributed by atoms with Crippen molar-refractivity contribution in [1.82, 2.24) is 5.32 Å². The third-order valence-electron chi connectivity index (χ3n) is 7.27. The van der Waals surface area contributed by atoms with Crippen LogP contribution in [-0.2, 0) is 20.8 Å². The summed E-state index contributed by atoms with van der Waals surface area (Å²) in [5, 5.41) is 12.5. The van der Waals surface area contributed by atoms with Gasteiger partial charge in [0.05, 0.1) is 48.1 Å². The summed E-state index contributed by atoms with van der Waals surface area (Å²) in [5.41, 5.74) is 0.241. The van der Waals surface area contributed by atoms with Gasteiger partial charge in [-0.1, -0.05) is 19.1 Å². The molecule has 1 aliphatic rings. The Labute approximate surface area is 255 Å². The second-order valence-corrected chi connectivity index (χ2v) is 12.6. The maximum Gasteiger partial charge on any atom is 0.522 e. The average molecular weight is 661 g/mol. The molecule has 1 saturated heterocycles. The minimum absolute atomic E-state index is 0.0792. The van der Waals surface area contributed by atoms with Crippen LogP contribution in [0.15, 0.2) is 77.7 Å². The van der Waals surface area contributed by atoms with Gasteiger partial charge in [0.2, 0.25) is 0 Å². The quantitative estimate of drug-likeness (QED) is 0.261. The number of carbonyl (C=O) groups is 1. The number of aliphatic hydroxyl groups excluding tert-OH is 1. The Kier molecular flexibility index (Phi) is 10.3. The molecular formula is C30H30F6N2O6S. The van der Waals surface area contributed by atoms with Crippen LogP contribution in [0.5, 0.6) is 5.75 Å². The van der Waals surface area contributed by atoms with Gasteiger partial charge in [-0.3, -0.25) is 9.53 Å². The van der Waals surface area contributed by atoms with Gasteiger partial charge in [0.15, 0.2) is 9.84 Å². The largest absolute Gasteiger partial charge is 0.522 e. The number of aliphatic hydroxyl groups is 1. The van der Waals surface area contributed by atoms with Crippen LogP contribution < -0.4 is 15.0 Å². The topological polar surface area (TPSA) is 105 Å². The SMILES string of the molecule is CCS(=O)(=O)c1ccc([C@H](CO)NC(=O)c2ccc(N3CC(Oc4ccc(C(F)(F)F)cc4)C[C@H]3COC(F)(F)F)cc2)cc1. The van der Waals surface area contributed by atoms with E-state index in [1.165, 1.54) is 55.5 Å². The van der Waals surface area contributed by atoms with E-state index in [-0.39, 0.29) is 34.9 Å². The van der Waals surface area contributed by atoms with Crippen molar-refractivity contribution in [3.05, 3.63) is 89.5 Å². The summed E-state index contributed by atoms with van der Waals surface area (Å²) < 4.78 is 111. The van der Waals surface area contributed by atoms with E-state index in [0.717, 1.165) is 24.3 Å². The highest BCUT2D eigenvalue weighted by atomic mass is 32.2. The molecule has 2 N–H and O–H groups in total. The summed E-state index contributed by atoms with van der Waals surface area (Å²) in [5.74, 6) is -0.520. The van der Waals surface area contributed by atoms with E-state index in [4.69, 9.17) is 4.74 Å². The maximum absolute atomic E-state index is 12.9. The number of ether oxygens (including phenoxy) is 2. The van der Waals surface area contributed by atoms with Crippen LogP contribution in [0.2, 0.25) is 0 Å². The van der Waals surface area contributed by atoms with E-state index in [2.05, 4.69) is 10.1 Å². The van der Waals surface area contributed by atoms with E-state index >= 15 is 0 Å². The minimum atomic E-state index is -4.88. The Hall–Kier alpha value is -3.82. The molecule has 3 atom stereocenters. The Morgan fingerprint density at radius 3 is 2.13 bits per heavy atom. The van der Waals surface area contributed by atoms with Gasteiger partial charge in [-0.2, -0.15) is 13.2 Å². The second kappa shape index (κ2) is 13.7. The molecule has 0 radical (unpaired) electrons. The molecule has 1 aliphatic heterocycles. The zero-order chi connectivity index (χ0) is 33.0. The number of benzene rings is 3. The number of amides is 1. The van der Waals surface area contributed by atoms with Gasteiger partial charge in [0.1, 0.15) is 11.9 Å². The lowest BCUT2D eigenvalue weighted by atomic mass is 10.1. The van der Waals surface area contributed by atoms with Crippen molar-refractivity contribution in [2.75, 3.05) is 30.4 Å². The number of alkyl halides is 6. The fraction of sp³-hybridized carbons (Fsp3) is 0.367. The first-order chi connectivity index (χ1) is 21.1. The third kappa shape index (κ3) is 8.89. The molecule has 3 aromatic carbocycles. The molecule has 3 aromatic rings. The highest BCUT2D eigenvalue weighted by Gasteiger charge is 2.38. The molecule has 8 nitrogen and oxygen atoms in total. The zero-order valence-electron chi connectivity index (χ0n) is 23.8. The smallest absolute Gasteiger partial charge is 0.489 e. The first-order valence-corrected chi connectivity index (χ1v) is 15.4. The molecule has 0 bridgehead atoms. The summed E-state index contributed by atoms with van der Waals surface area (Å²) in [7, 11) is -3.43. The third-order valence-corrected chi connectivity index (χ3v) is 9.02. The lowest BCUT2D eigenvalue weighted by molar-refractivity contribution is -0.325. The summed E-state index contributed by atoms with van der Waals surface area (Å²) in [6.45, 7) is 0.406. The monoisotopic (exact) mass is 660 g/mol. The molecule has 45 heavy (non-hydrogen) atoms. The number of hydrogen-bond donors (Lipinski definition) is 2. The number of rotatable bonds is 11. The second-order valence-electron chi connectivity index (χ2n) is 10.3. The van der Waals surface area contributed by atoms with Crippen molar-refractivity contribution in [3.63, 3.8) is 0 Å². The van der Waals surface area contributed by atoms with E-state index in [9.17, 15) is 44.7 Å². The zero-order valence-corrected chi connectivity index (χ0v) is 24.6. The lowest BCUT2D eigenvalue weighted by Crippen LogP contribution is -2.35. The van der Waals surface area contributed by atoms with Gasteiger partial charge in [-0.25, -0.2) is 8.42 Å². The number of sulfone groups is 1. The molecule has 0 spiro atoms. The van der Waals surface area contributed by atoms with Gasteiger partial charge >= 0.3 is 12.5 Å². The standard InChI is InChI=1S/C30H30F6N2O6S/c1-2-45(41,42)26-13-5-19(6-14-26)27(17-39)37-28(40)20-3-9-22(10-4-20)38-16-25(15-23(38)18-43-30(34,35)36)44-24-11-7-21(8-12-24)29(31,32)33/h3-14,23,25,27,39H,2,15-18H2,1H3,(H,37,40)/t23-,25?,27-/m0/s1. The van der Waals surface area contributed by atoms with Crippen LogP contribution in [0.1, 0.15) is 40.9 Å². The summed E-state index contributed by atoms with van der Waals surface area (Å²) in [4.78, 5) is 14.7. The number of carbonyl (C=O) groups excluding carboxylic acids is 1. The van der Waals surface area contributed by atoms with Crippen molar-refractivity contribution < 1.29 is 54.1 Å². The van der Waals surface area contributed by atoms with Crippen LogP contribution in [0, 0.1) is 0 Å². The van der Waals surface area contributed by atoms with Crippen LogP contribution in [0.25, 0.3) is 0 Å². The van der Waals surface area contributed by atoms with Crippen LogP contribution in [0.4, 0.5) is 32.0 Å². The van der Waals surface area contributed by atoms with Crippen LogP contribution in [0.3, 0.4) is 0 Å². The fourth-order valence-corrected chi connectivity index (χ4v) is 5.78. The molecule has 1 amide bonds. The van der Waals surface area contributed by atoms with Gasteiger partial charge < -0.3 is 20.1 Å². The molecular weight excluding hydrogens is 630 g/mol. The van der Waals surface area contributed by atoms with Crippen molar-refractivity contribution in [2.45, 2.75) is 49.0 Å². The molecule has 244 valence electrons. The summed E-state index contributed by atoms with van der Waals surface area (Å²) in [6, 6.07) is 14.0. The molecule has 0 saturated carbocycles. The number of nitrogens with zero attached hydrogens (tertiary/aromatic N) is 1. The van der Waals surface area contributed by atoms with E-state index in [1.54, 1.807) is 4.90 Å². The van der Waals surface area contributed by atoms with Crippen LogP contribution >= 0.6 is 0 Å². The number of anilines is 1. The summed E-state index contributed by atoms with van der Waals surface area (Å²) in [6.07, 6.45) is -10.0. The van der Waals surface area contributed by atoms with E-state index in [0.29, 0.717) is 11.3 Å². The first-order valence-electron chi connectivity index (χ1n) is 13.8.